The van der Waals surface area contributed by atoms with Gasteiger partial charge in [-0.1, -0.05) is 0 Å². The zero-order chi connectivity index (χ0) is 12.4. The van der Waals surface area contributed by atoms with E-state index in [2.05, 4.69) is 15.4 Å². The van der Waals surface area contributed by atoms with Gasteiger partial charge in [0.05, 0.1) is 11.4 Å². The van der Waals surface area contributed by atoms with Crippen molar-refractivity contribution in [2.75, 3.05) is 11.1 Å². The molecule has 7 heteroatoms. The maximum Gasteiger partial charge on any atom is 0.280 e. The Hall–Kier alpha value is -1.89. The Morgan fingerprint density at radius 1 is 1.65 bits per heavy atom. The number of nitrogens with two attached hydrogens (primary N) is 1. The minimum absolute atomic E-state index is 0.236. The number of carbonyl (C=O) groups is 1. The molecule has 0 spiro atoms. The zero-order valence-corrected chi connectivity index (χ0v) is 10.4. The van der Waals surface area contributed by atoms with Gasteiger partial charge in [-0.15, -0.1) is 11.3 Å². The van der Waals surface area contributed by atoms with Crippen molar-refractivity contribution in [3.63, 3.8) is 0 Å². The third kappa shape index (κ3) is 2.44. The monoisotopic (exact) mass is 251 g/mol. The molecule has 0 atom stereocenters. The molecular formula is C10H13N5OS. The standard InChI is InChI=1S/C10H13N5OS/c1-3-15-4-7(11)8(14-15)9(16)13-10-12-6(2)5-17-10/h4-5H,3,11H2,1-2H3,(H,12,13,16). The number of nitrogens with one attached hydrogen (secondary N) is 1. The van der Waals surface area contributed by atoms with Crippen LogP contribution in [0.15, 0.2) is 11.6 Å². The summed E-state index contributed by atoms with van der Waals surface area (Å²) in [5.74, 6) is -0.330. The van der Waals surface area contributed by atoms with Crippen LogP contribution in [0.25, 0.3) is 0 Å². The predicted octanol–water partition coefficient (Wildman–Crippen LogP) is 1.50. The fourth-order valence-electron chi connectivity index (χ4n) is 1.34. The van der Waals surface area contributed by atoms with Crippen LogP contribution in [-0.2, 0) is 6.54 Å². The minimum atomic E-state index is -0.330. The van der Waals surface area contributed by atoms with Crippen LogP contribution in [0, 0.1) is 6.92 Å². The molecule has 0 aliphatic carbocycles. The second-order valence-corrected chi connectivity index (χ2v) is 4.40. The quantitative estimate of drug-likeness (QED) is 0.865. The molecule has 2 aromatic heterocycles. The van der Waals surface area contributed by atoms with Gasteiger partial charge in [0.1, 0.15) is 0 Å². The highest BCUT2D eigenvalue weighted by Crippen LogP contribution is 2.17. The number of thiazole rings is 1. The van der Waals surface area contributed by atoms with Crippen LogP contribution < -0.4 is 11.1 Å². The van der Waals surface area contributed by atoms with E-state index in [-0.39, 0.29) is 11.6 Å². The molecule has 0 bridgehead atoms. The van der Waals surface area contributed by atoms with E-state index >= 15 is 0 Å². The van der Waals surface area contributed by atoms with E-state index in [0.717, 1.165) is 5.69 Å². The molecule has 3 N–H and O–H groups in total. The van der Waals surface area contributed by atoms with Crippen LogP contribution in [0.3, 0.4) is 0 Å². The van der Waals surface area contributed by atoms with Crippen LogP contribution in [0.1, 0.15) is 23.1 Å². The Bertz CT molecular complexity index is 545. The van der Waals surface area contributed by atoms with Gasteiger partial charge >= 0.3 is 0 Å². The number of amides is 1. The lowest BCUT2D eigenvalue weighted by Crippen LogP contribution is -2.14. The Morgan fingerprint density at radius 3 is 2.94 bits per heavy atom. The largest absolute Gasteiger partial charge is 0.396 e. The van der Waals surface area contributed by atoms with Gasteiger partial charge in [0.2, 0.25) is 0 Å². The van der Waals surface area contributed by atoms with E-state index in [1.165, 1.54) is 11.3 Å². The molecule has 0 saturated heterocycles. The summed E-state index contributed by atoms with van der Waals surface area (Å²) in [5, 5.41) is 9.18. The van der Waals surface area contributed by atoms with Crippen molar-refractivity contribution in [2.45, 2.75) is 20.4 Å². The van der Waals surface area contributed by atoms with Crippen molar-refractivity contribution < 1.29 is 4.79 Å². The fourth-order valence-corrected chi connectivity index (χ4v) is 2.03. The van der Waals surface area contributed by atoms with Crippen LogP contribution in [0.4, 0.5) is 10.8 Å². The van der Waals surface area contributed by atoms with Gasteiger partial charge in [-0.25, -0.2) is 4.98 Å². The van der Waals surface area contributed by atoms with E-state index in [1.54, 1.807) is 10.9 Å². The van der Waals surface area contributed by atoms with E-state index in [4.69, 9.17) is 5.73 Å². The molecule has 0 radical (unpaired) electrons. The number of nitrogen functional groups attached to an aromatic ring is 1. The van der Waals surface area contributed by atoms with Crippen molar-refractivity contribution >= 4 is 28.1 Å². The summed E-state index contributed by atoms with van der Waals surface area (Å²) in [5.41, 5.74) is 7.20. The molecule has 2 rings (SSSR count). The molecule has 0 aromatic carbocycles. The third-order valence-electron chi connectivity index (χ3n) is 2.17. The summed E-state index contributed by atoms with van der Waals surface area (Å²) < 4.78 is 1.62. The molecule has 0 unspecified atom stereocenters. The van der Waals surface area contributed by atoms with Gasteiger partial charge in [-0.3, -0.25) is 14.8 Å². The zero-order valence-electron chi connectivity index (χ0n) is 9.60. The number of rotatable bonds is 3. The topological polar surface area (TPSA) is 85.8 Å². The summed E-state index contributed by atoms with van der Waals surface area (Å²) >= 11 is 1.37. The lowest BCUT2D eigenvalue weighted by atomic mass is 10.3. The van der Waals surface area contributed by atoms with Gasteiger partial charge in [-0.2, -0.15) is 5.10 Å². The predicted molar refractivity (Wildman–Crippen MR) is 67.1 cm³/mol. The molecular weight excluding hydrogens is 238 g/mol. The molecule has 0 fully saturated rings. The van der Waals surface area contributed by atoms with Gasteiger partial charge in [0, 0.05) is 18.1 Å². The molecule has 2 aromatic rings. The molecule has 0 aliphatic heterocycles. The highest BCUT2D eigenvalue weighted by Gasteiger charge is 2.15. The molecule has 1 amide bonds. The summed E-state index contributed by atoms with van der Waals surface area (Å²) in [4.78, 5) is 16.0. The average molecular weight is 251 g/mol. The van der Waals surface area contributed by atoms with Crippen molar-refractivity contribution in [1.82, 2.24) is 14.8 Å². The fraction of sp³-hybridized carbons (Fsp3) is 0.300. The Balaban J connectivity index is 2.16. The van der Waals surface area contributed by atoms with Crippen LogP contribution in [-0.4, -0.2) is 20.7 Å². The van der Waals surface area contributed by atoms with Gasteiger partial charge in [-0.05, 0) is 13.8 Å². The number of aryl methyl sites for hydroxylation is 2. The number of aromatic nitrogens is 3. The Morgan fingerprint density at radius 2 is 2.41 bits per heavy atom. The summed E-state index contributed by atoms with van der Waals surface area (Å²) in [7, 11) is 0. The van der Waals surface area contributed by atoms with Gasteiger partial charge in [0.25, 0.3) is 5.91 Å². The smallest absolute Gasteiger partial charge is 0.280 e. The second kappa shape index (κ2) is 4.54. The first kappa shape index (κ1) is 11.6. The van der Waals surface area contributed by atoms with E-state index in [1.807, 2.05) is 19.2 Å². The van der Waals surface area contributed by atoms with Crippen molar-refractivity contribution in [3.8, 4) is 0 Å². The second-order valence-electron chi connectivity index (χ2n) is 3.54. The SMILES string of the molecule is CCn1cc(N)c(C(=O)Nc2nc(C)cs2)n1. The normalized spacial score (nSPS) is 10.5. The lowest BCUT2D eigenvalue weighted by molar-refractivity contribution is 0.102. The molecule has 90 valence electrons. The maximum absolute atomic E-state index is 11.9. The van der Waals surface area contributed by atoms with Crippen LogP contribution in [0.5, 0.6) is 0 Å². The molecule has 17 heavy (non-hydrogen) atoms. The average Bonchev–Trinajstić information content (AvgIpc) is 2.85. The summed E-state index contributed by atoms with van der Waals surface area (Å²) in [6.45, 7) is 4.47. The van der Waals surface area contributed by atoms with Gasteiger partial charge < -0.3 is 5.73 Å². The van der Waals surface area contributed by atoms with E-state index < -0.39 is 0 Å². The van der Waals surface area contributed by atoms with E-state index in [0.29, 0.717) is 17.4 Å². The highest BCUT2D eigenvalue weighted by molar-refractivity contribution is 7.13. The highest BCUT2D eigenvalue weighted by atomic mass is 32.1. The third-order valence-corrected chi connectivity index (χ3v) is 3.04. The van der Waals surface area contributed by atoms with Gasteiger partial charge in [0.15, 0.2) is 10.8 Å². The first-order chi connectivity index (χ1) is 8.10. The summed E-state index contributed by atoms with van der Waals surface area (Å²) in [6.07, 6.45) is 1.64. The Labute approximate surface area is 102 Å². The first-order valence-corrected chi connectivity index (χ1v) is 6.04. The van der Waals surface area contributed by atoms with Crippen LogP contribution in [0.2, 0.25) is 0 Å². The van der Waals surface area contributed by atoms with Crippen molar-refractivity contribution in [3.05, 3.63) is 23.0 Å². The number of hydrogen-bond donors (Lipinski definition) is 2. The Kier molecular flexibility index (Phi) is 3.10. The lowest BCUT2D eigenvalue weighted by Gasteiger charge is -1.98. The molecule has 2 heterocycles. The molecule has 6 nitrogen and oxygen atoms in total. The van der Waals surface area contributed by atoms with Crippen molar-refractivity contribution in [2.24, 2.45) is 0 Å². The maximum atomic E-state index is 11.9. The van der Waals surface area contributed by atoms with Crippen molar-refractivity contribution in [1.29, 1.82) is 0 Å². The summed E-state index contributed by atoms with van der Waals surface area (Å²) in [6, 6.07) is 0. The van der Waals surface area contributed by atoms with Crippen LogP contribution >= 0.6 is 11.3 Å². The number of anilines is 2. The molecule has 0 aliphatic rings. The first-order valence-electron chi connectivity index (χ1n) is 5.16. The molecule has 0 saturated carbocycles. The number of hydrogen-bond acceptors (Lipinski definition) is 5. The van der Waals surface area contributed by atoms with E-state index in [9.17, 15) is 4.79 Å². The number of carbonyl (C=O) groups excluding carboxylic acids is 1. The minimum Gasteiger partial charge on any atom is -0.396 e. The number of nitrogens with zero attached hydrogens (tertiary/aromatic N) is 3.